The SMILES string of the molecule is CCC1c2ccsc2CCN1CC(=O)NC1CCN(C(C)=O)CC1. The number of fused-ring (bicyclic) bond motifs is 1. The quantitative estimate of drug-likeness (QED) is 0.906. The molecule has 3 heterocycles. The van der Waals surface area contributed by atoms with Gasteiger partial charge in [0.1, 0.15) is 0 Å². The molecule has 3 rings (SSSR count). The van der Waals surface area contributed by atoms with Crippen molar-refractivity contribution >= 4 is 23.2 Å². The summed E-state index contributed by atoms with van der Waals surface area (Å²) in [4.78, 5) is 29.5. The molecule has 2 aliphatic rings. The van der Waals surface area contributed by atoms with E-state index in [0.717, 1.165) is 45.3 Å². The minimum absolute atomic E-state index is 0.119. The maximum Gasteiger partial charge on any atom is 0.234 e. The largest absolute Gasteiger partial charge is 0.352 e. The molecular weight excluding hydrogens is 322 g/mol. The van der Waals surface area contributed by atoms with Crippen LogP contribution in [-0.4, -0.2) is 53.8 Å². The number of nitrogens with zero attached hydrogens (tertiary/aromatic N) is 2. The Kier molecular flexibility index (Phi) is 5.56. The number of piperidine rings is 1. The first-order valence-corrected chi connectivity index (χ1v) is 9.81. The van der Waals surface area contributed by atoms with Crippen molar-refractivity contribution in [1.29, 1.82) is 0 Å². The summed E-state index contributed by atoms with van der Waals surface area (Å²) in [6.45, 7) is 6.74. The number of carbonyl (C=O) groups is 2. The number of hydrogen-bond acceptors (Lipinski definition) is 4. The smallest absolute Gasteiger partial charge is 0.234 e. The molecule has 1 unspecified atom stereocenters. The van der Waals surface area contributed by atoms with E-state index in [4.69, 9.17) is 0 Å². The highest BCUT2D eigenvalue weighted by atomic mass is 32.1. The molecule has 2 amide bonds. The second kappa shape index (κ2) is 7.66. The molecule has 0 bridgehead atoms. The summed E-state index contributed by atoms with van der Waals surface area (Å²) in [6.07, 6.45) is 3.80. The third-order valence-corrected chi connectivity index (χ3v) is 6.24. The van der Waals surface area contributed by atoms with E-state index in [1.807, 2.05) is 16.2 Å². The molecule has 2 aliphatic heterocycles. The summed E-state index contributed by atoms with van der Waals surface area (Å²) < 4.78 is 0. The number of amides is 2. The fourth-order valence-electron chi connectivity index (χ4n) is 3.91. The molecule has 1 N–H and O–H groups in total. The molecule has 0 aromatic carbocycles. The number of likely N-dealkylation sites (tertiary alicyclic amines) is 1. The Morgan fingerprint density at radius 2 is 2.04 bits per heavy atom. The Balaban J connectivity index is 1.51. The van der Waals surface area contributed by atoms with E-state index in [2.05, 4.69) is 28.6 Å². The first-order chi connectivity index (χ1) is 11.6. The summed E-state index contributed by atoms with van der Waals surface area (Å²) in [5.74, 6) is 0.249. The molecule has 5 nitrogen and oxygen atoms in total. The van der Waals surface area contributed by atoms with Gasteiger partial charge >= 0.3 is 0 Å². The van der Waals surface area contributed by atoms with Crippen LogP contribution in [0.2, 0.25) is 0 Å². The van der Waals surface area contributed by atoms with E-state index in [-0.39, 0.29) is 17.9 Å². The highest BCUT2D eigenvalue weighted by molar-refractivity contribution is 7.10. The van der Waals surface area contributed by atoms with Gasteiger partial charge in [-0.05, 0) is 42.7 Å². The average molecular weight is 350 g/mol. The van der Waals surface area contributed by atoms with Crippen LogP contribution in [0.5, 0.6) is 0 Å². The summed E-state index contributed by atoms with van der Waals surface area (Å²) in [5.41, 5.74) is 1.41. The molecule has 1 atom stereocenters. The standard InChI is InChI=1S/C18H27N3O2S/c1-3-16-15-7-11-24-17(15)6-10-21(16)12-18(23)19-14-4-8-20(9-5-14)13(2)22/h7,11,14,16H,3-6,8-10,12H2,1-2H3,(H,19,23). The van der Waals surface area contributed by atoms with Crippen LogP contribution in [0.1, 0.15) is 49.6 Å². The van der Waals surface area contributed by atoms with Gasteiger partial charge in [-0.2, -0.15) is 0 Å². The fourth-order valence-corrected chi connectivity index (χ4v) is 4.84. The summed E-state index contributed by atoms with van der Waals surface area (Å²) >= 11 is 1.84. The van der Waals surface area contributed by atoms with Crippen LogP contribution in [0.4, 0.5) is 0 Å². The van der Waals surface area contributed by atoms with Gasteiger partial charge in [0.15, 0.2) is 0 Å². The van der Waals surface area contributed by atoms with Gasteiger partial charge in [-0.1, -0.05) is 6.92 Å². The monoisotopic (exact) mass is 349 g/mol. The molecule has 1 aromatic heterocycles. The van der Waals surface area contributed by atoms with Crippen molar-refractivity contribution in [3.8, 4) is 0 Å². The van der Waals surface area contributed by atoms with E-state index in [0.29, 0.717) is 12.6 Å². The van der Waals surface area contributed by atoms with Crippen LogP contribution in [0.25, 0.3) is 0 Å². The molecule has 1 aromatic rings. The van der Waals surface area contributed by atoms with Crippen LogP contribution in [0.15, 0.2) is 11.4 Å². The van der Waals surface area contributed by atoms with Crippen LogP contribution < -0.4 is 5.32 Å². The van der Waals surface area contributed by atoms with Gasteiger partial charge in [0.05, 0.1) is 6.54 Å². The minimum Gasteiger partial charge on any atom is -0.352 e. The lowest BCUT2D eigenvalue weighted by molar-refractivity contribution is -0.130. The van der Waals surface area contributed by atoms with Gasteiger partial charge < -0.3 is 10.2 Å². The third-order valence-electron chi connectivity index (χ3n) is 5.24. The molecule has 1 fully saturated rings. The predicted molar refractivity (Wildman–Crippen MR) is 96.0 cm³/mol. The fraction of sp³-hybridized carbons (Fsp3) is 0.667. The third kappa shape index (κ3) is 3.81. The second-order valence-electron chi connectivity index (χ2n) is 6.79. The van der Waals surface area contributed by atoms with E-state index in [1.54, 1.807) is 6.92 Å². The maximum absolute atomic E-state index is 12.5. The molecule has 0 spiro atoms. The van der Waals surface area contributed by atoms with Crippen molar-refractivity contribution in [1.82, 2.24) is 15.1 Å². The Bertz CT molecular complexity index is 593. The van der Waals surface area contributed by atoms with Crippen molar-refractivity contribution in [3.05, 3.63) is 21.9 Å². The van der Waals surface area contributed by atoms with Crippen LogP contribution >= 0.6 is 11.3 Å². The van der Waals surface area contributed by atoms with Gasteiger partial charge in [-0.15, -0.1) is 11.3 Å². The number of nitrogens with one attached hydrogen (secondary N) is 1. The van der Waals surface area contributed by atoms with Gasteiger partial charge in [-0.3, -0.25) is 14.5 Å². The van der Waals surface area contributed by atoms with E-state index >= 15 is 0 Å². The number of carbonyl (C=O) groups excluding carboxylic acids is 2. The van der Waals surface area contributed by atoms with Crippen LogP contribution in [-0.2, 0) is 16.0 Å². The lowest BCUT2D eigenvalue weighted by atomic mass is 9.98. The van der Waals surface area contributed by atoms with Crippen molar-refractivity contribution in [2.45, 2.75) is 51.6 Å². The number of thiophene rings is 1. The predicted octanol–water partition coefficient (Wildman–Crippen LogP) is 2.18. The summed E-state index contributed by atoms with van der Waals surface area (Å²) in [5, 5.41) is 5.34. The lowest BCUT2D eigenvalue weighted by Crippen LogP contribution is -2.49. The lowest BCUT2D eigenvalue weighted by Gasteiger charge is -2.36. The van der Waals surface area contributed by atoms with Crippen molar-refractivity contribution in [2.24, 2.45) is 0 Å². The van der Waals surface area contributed by atoms with Gasteiger partial charge in [0.2, 0.25) is 11.8 Å². The molecule has 0 saturated carbocycles. The first-order valence-electron chi connectivity index (χ1n) is 8.93. The summed E-state index contributed by atoms with van der Waals surface area (Å²) in [7, 11) is 0. The first kappa shape index (κ1) is 17.4. The van der Waals surface area contributed by atoms with Gasteiger partial charge in [0.25, 0.3) is 0 Å². The Hall–Kier alpha value is -1.40. The Labute approximate surface area is 148 Å². The second-order valence-corrected chi connectivity index (χ2v) is 7.79. The van der Waals surface area contributed by atoms with Crippen LogP contribution in [0, 0.1) is 0 Å². The number of rotatable bonds is 4. The normalized spacial score (nSPS) is 22.2. The van der Waals surface area contributed by atoms with Crippen molar-refractivity contribution < 1.29 is 9.59 Å². The summed E-state index contributed by atoms with van der Waals surface area (Å²) in [6, 6.07) is 2.79. The molecule has 132 valence electrons. The van der Waals surface area contributed by atoms with E-state index in [9.17, 15) is 9.59 Å². The molecule has 1 saturated heterocycles. The van der Waals surface area contributed by atoms with Crippen molar-refractivity contribution in [2.75, 3.05) is 26.2 Å². The average Bonchev–Trinajstić information content (AvgIpc) is 3.03. The zero-order chi connectivity index (χ0) is 17.1. The molecule has 0 aliphatic carbocycles. The van der Waals surface area contributed by atoms with Gasteiger partial charge in [-0.25, -0.2) is 0 Å². The minimum atomic E-state index is 0.119. The van der Waals surface area contributed by atoms with E-state index < -0.39 is 0 Å². The Morgan fingerprint density at radius 1 is 1.29 bits per heavy atom. The zero-order valence-electron chi connectivity index (χ0n) is 14.6. The topological polar surface area (TPSA) is 52.7 Å². The van der Waals surface area contributed by atoms with Crippen molar-refractivity contribution in [3.63, 3.8) is 0 Å². The Morgan fingerprint density at radius 3 is 2.71 bits per heavy atom. The maximum atomic E-state index is 12.5. The van der Waals surface area contributed by atoms with E-state index in [1.165, 1.54) is 10.4 Å². The zero-order valence-corrected chi connectivity index (χ0v) is 15.4. The van der Waals surface area contributed by atoms with Gasteiger partial charge in [0, 0.05) is 43.5 Å². The molecule has 0 radical (unpaired) electrons. The number of hydrogen-bond donors (Lipinski definition) is 1. The molecule has 6 heteroatoms. The van der Waals surface area contributed by atoms with Crippen LogP contribution in [0.3, 0.4) is 0 Å². The highest BCUT2D eigenvalue weighted by Gasteiger charge is 2.29. The highest BCUT2D eigenvalue weighted by Crippen LogP contribution is 2.34. The molecular formula is C18H27N3O2S. The molecule has 24 heavy (non-hydrogen) atoms.